The molecule has 3 rings (SSSR count). The van der Waals surface area contributed by atoms with Gasteiger partial charge in [-0.05, 0) is 31.0 Å². The molecule has 0 bridgehead atoms. The minimum absolute atomic E-state index is 0.0904. The number of primary amides is 1. The van der Waals surface area contributed by atoms with Crippen molar-refractivity contribution in [3.63, 3.8) is 0 Å². The molecule has 1 saturated heterocycles. The maximum Gasteiger partial charge on any atom is 0.255 e. The highest BCUT2D eigenvalue weighted by Crippen LogP contribution is 2.25. The van der Waals surface area contributed by atoms with Crippen molar-refractivity contribution >= 4 is 21.8 Å². The summed E-state index contributed by atoms with van der Waals surface area (Å²) < 4.78 is 32.0. The van der Waals surface area contributed by atoms with Gasteiger partial charge in [-0.2, -0.15) is 4.31 Å². The van der Waals surface area contributed by atoms with Gasteiger partial charge in [-0.3, -0.25) is 9.59 Å². The quantitative estimate of drug-likeness (QED) is 0.583. The molecule has 1 aliphatic heterocycles. The van der Waals surface area contributed by atoms with Gasteiger partial charge in [0.2, 0.25) is 15.9 Å². The van der Waals surface area contributed by atoms with Crippen molar-refractivity contribution in [2.75, 3.05) is 26.3 Å². The average molecular weight is 409 g/mol. The van der Waals surface area contributed by atoms with Crippen molar-refractivity contribution in [3.8, 4) is 5.75 Å². The van der Waals surface area contributed by atoms with Crippen LogP contribution in [0.25, 0.3) is 0 Å². The molecule has 1 aromatic carbocycles. The summed E-state index contributed by atoms with van der Waals surface area (Å²) in [5.74, 6) is -2.10. The number of carbonyl (C=O) groups is 2. The van der Waals surface area contributed by atoms with Crippen LogP contribution in [0.15, 0.2) is 35.2 Å². The van der Waals surface area contributed by atoms with Crippen LogP contribution < -0.4 is 11.1 Å². The second-order valence-electron chi connectivity index (χ2n) is 6.73. The molecule has 4 N–H and O–H groups in total. The first-order valence-corrected chi connectivity index (χ1v) is 10.4. The van der Waals surface area contributed by atoms with Crippen molar-refractivity contribution in [1.29, 1.82) is 0 Å². The largest absolute Gasteiger partial charge is 0.507 e. The van der Waals surface area contributed by atoms with Crippen LogP contribution in [0, 0.1) is 5.92 Å². The number of hydrogen-bond donors (Lipinski definition) is 3. The lowest BCUT2D eigenvalue weighted by Gasteiger charge is -2.27. The fourth-order valence-corrected chi connectivity index (χ4v) is 4.76. The van der Waals surface area contributed by atoms with Gasteiger partial charge in [-0.25, -0.2) is 8.42 Å². The molecule has 1 fully saturated rings. The summed E-state index contributed by atoms with van der Waals surface area (Å²) in [5.41, 5.74) is 5.22. The van der Waals surface area contributed by atoms with E-state index in [0.29, 0.717) is 26.1 Å². The highest BCUT2D eigenvalue weighted by Gasteiger charge is 2.31. The highest BCUT2D eigenvalue weighted by atomic mass is 32.2. The normalized spacial score (nSPS) is 23.3. The zero-order chi connectivity index (χ0) is 20.3. The van der Waals surface area contributed by atoms with Crippen LogP contribution in [0.4, 0.5) is 0 Å². The summed E-state index contributed by atoms with van der Waals surface area (Å²) in [6, 6.07) is 3.06. The third kappa shape index (κ3) is 4.18. The Morgan fingerprint density at radius 1 is 1.18 bits per heavy atom. The summed E-state index contributed by atoms with van der Waals surface area (Å²) in [5, 5.41) is 12.8. The first kappa shape index (κ1) is 20.3. The van der Waals surface area contributed by atoms with Crippen LogP contribution in [0.1, 0.15) is 23.2 Å². The predicted molar refractivity (Wildman–Crippen MR) is 100.0 cm³/mol. The Balaban J connectivity index is 1.84. The van der Waals surface area contributed by atoms with Gasteiger partial charge < -0.3 is 20.9 Å². The van der Waals surface area contributed by atoms with Crippen LogP contribution in [0.3, 0.4) is 0 Å². The number of amides is 2. The van der Waals surface area contributed by atoms with Gasteiger partial charge in [-0.1, -0.05) is 12.2 Å². The Morgan fingerprint density at radius 3 is 2.54 bits per heavy atom. The number of carbonyl (C=O) groups excluding carboxylic acids is 2. The van der Waals surface area contributed by atoms with E-state index in [1.54, 1.807) is 0 Å². The van der Waals surface area contributed by atoms with Crippen molar-refractivity contribution in [2.24, 2.45) is 11.7 Å². The summed E-state index contributed by atoms with van der Waals surface area (Å²) in [6.45, 7) is 1.04. The molecular formula is C18H23N3O6S. The maximum atomic E-state index is 12.8. The van der Waals surface area contributed by atoms with E-state index in [9.17, 15) is 23.1 Å². The van der Waals surface area contributed by atoms with Gasteiger partial charge in [0.05, 0.1) is 29.6 Å². The lowest BCUT2D eigenvalue weighted by Crippen LogP contribution is -2.46. The molecule has 0 unspecified atom stereocenters. The fraction of sp³-hybridized carbons (Fsp3) is 0.444. The van der Waals surface area contributed by atoms with Gasteiger partial charge in [-0.15, -0.1) is 0 Å². The number of hydrogen-bond acceptors (Lipinski definition) is 6. The zero-order valence-corrected chi connectivity index (χ0v) is 16.0. The van der Waals surface area contributed by atoms with Crippen LogP contribution >= 0.6 is 0 Å². The standard InChI is InChI=1S/C18H23N3O6S/c19-17(23)13-3-1-2-4-15(13)20-18(24)14-11-12(5-6-16(14)22)28(25,26)21-7-9-27-10-8-21/h1-2,5-6,11,13,15,22H,3-4,7-10H2,(H2,19,23)(H,20,24)/t13-,15-/m1/s1. The molecule has 2 aliphatic rings. The number of nitrogens with one attached hydrogen (secondary N) is 1. The molecule has 9 nitrogen and oxygen atoms in total. The van der Waals surface area contributed by atoms with E-state index in [2.05, 4.69) is 5.32 Å². The number of morpholine rings is 1. The molecular weight excluding hydrogens is 386 g/mol. The third-order valence-electron chi connectivity index (χ3n) is 4.93. The van der Waals surface area contributed by atoms with Crippen LogP contribution in [0.5, 0.6) is 5.75 Å². The molecule has 2 atom stereocenters. The molecule has 1 aliphatic carbocycles. The summed E-state index contributed by atoms with van der Waals surface area (Å²) in [6.07, 6.45) is 4.50. The smallest absolute Gasteiger partial charge is 0.255 e. The number of nitrogens with two attached hydrogens (primary N) is 1. The Labute approximate surface area is 163 Å². The van der Waals surface area contributed by atoms with E-state index in [0.717, 1.165) is 6.07 Å². The number of benzene rings is 1. The Hall–Kier alpha value is -2.43. The van der Waals surface area contributed by atoms with E-state index in [4.69, 9.17) is 10.5 Å². The summed E-state index contributed by atoms with van der Waals surface area (Å²) in [4.78, 5) is 24.2. The minimum atomic E-state index is -3.82. The minimum Gasteiger partial charge on any atom is -0.507 e. The van der Waals surface area contributed by atoms with Gasteiger partial charge in [0.25, 0.3) is 5.91 Å². The van der Waals surface area contributed by atoms with E-state index in [1.807, 2.05) is 12.2 Å². The van der Waals surface area contributed by atoms with Crippen LogP contribution in [0.2, 0.25) is 0 Å². The van der Waals surface area contributed by atoms with Crippen molar-refractivity contribution in [2.45, 2.75) is 23.8 Å². The number of phenols is 1. The fourth-order valence-electron chi connectivity index (χ4n) is 3.33. The highest BCUT2D eigenvalue weighted by molar-refractivity contribution is 7.89. The molecule has 1 aromatic rings. The van der Waals surface area contributed by atoms with Gasteiger partial charge >= 0.3 is 0 Å². The molecule has 0 saturated carbocycles. The monoisotopic (exact) mass is 409 g/mol. The average Bonchev–Trinajstić information content (AvgIpc) is 2.69. The van der Waals surface area contributed by atoms with Gasteiger partial charge in [0.1, 0.15) is 5.75 Å². The number of ether oxygens (including phenoxy) is 1. The third-order valence-corrected chi connectivity index (χ3v) is 6.83. The number of nitrogens with zero attached hydrogens (tertiary/aromatic N) is 1. The lowest BCUT2D eigenvalue weighted by atomic mass is 9.88. The Bertz CT molecular complexity index is 893. The second kappa shape index (κ2) is 8.29. The van der Waals surface area contributed by atoms with Crippen molar-refractivity contribution < 1.29 is 27.9 Å². The number of aromatic hydroxyl groups is 1. The van der Waals surface area contributed by atoms with Crippen LogP contribution in [-0.2, 0) is 19.6 Å². The number of allylic oxidation sites excluding steroid dienone is 1. The molecule has 10 heteroatoms. The van der Waals surface area contributed by atoms with Gasteiger partial charge in [0.15, 0.2) is 0 Å². The van der Waals surface area contributed by atoms with Gasteiger partial charge in [0, 0.05) is 19.1 Å². The van der Waals surface area contributed by atoms with E-state index >= 15 is 0 Å². The molecule has 0 radical (unpaired) electrons. The summed E-state index contributed by atoms with van der Waals surface area (Å²) in [7, 11) is -3.82. The predicted octanol–water partition coefficient (Wildman–Crippen LogP) is -0.0370. The summed E-state index contributed by atoms with van der Waals surface area (Å²) >= 11 is 0. The Kier molecular flexibility index (Phi) is 6.01. The maximum absolute atomic E-state index is 12.8. The van der Waals surface area contributed by atoms with Crippen molar-refractivity contribution in [3.05, 3.63) is 35.9 Å². The molecule has 28 heavy (non-hydrogen) atoms. The second-order valence-corrected chi connectivity index (χ2v) is 8.66. The SMILES string of the molecule is NC(=O)[C@@H]1CC=CC[C@H]1NC(=O)c1cc(S(=O)(=O)N2CCOCC2)ccc1O. The number of rotatable bonds is 5. The van der Waals surface area contributed by atoms with E-state index in [-0.39, 0.29) is 29.3 Å². The molecule has 0 spiro atoms. The van der Waals surface area contributed by atoms with E-state index in [1.165, 1.54) is 16.4 Å². The zero-order valence-electron chi connectivity index (χ0n) is 15.2. The molecule has 0 aromatic heterocycles. The number of phenolic OH excluding ortho intramolecular Hbond substituents is 1. The Morgan fingerprint density at radius 2 is 1.86 bits per heavy atom. The van der Waals surface area contributed by atoms with Crippen molar-refractivity contribution in [1.82, 2.24) is 9.62 Å². The lowest BCUT2D eigenvalue weighted by molar-refractivity contribution is -0.122. The molecule has 1 heterocycles. The van der Waals surface area contributed by atoms with Crippen LogP contribution in [-0.4, -0.2) is 62.0 Å². The molecule has 152 valence electrons. The van der Waals surface area contributed by atoms with E-state index < -0.39 is 33.8 Å². The topological polar surface area (TPSA) is 139 Å². The first-order chi connectivity index (χ1) is 13.3. The number of sulfonamides is 1. The first-order valence-electron chi connectivity index (χ1n) is 8.97. The molecule has 2 amide bonds.